The van der Waals surface area contributed by atoms with Crippen LogP contribution in [0.5, 0.6) is 0 Å². The van der Waals surface area contributed by atoms with E-state index in [0.717, 1.165) is 50.0 Å². The number of nitrogens with zero attached hydrogens (tertiary/aromatic N) is 2. The van der Waals surface area contributed by atoms with Gasteiger partial charge in [0, 0.05) is 55.1 Å². The average Bonchev–Trinajstić information content (AvgIpc) is 3.30. The number of para-hydroxylation sites is 1. The molecule has 7 heteroatoms. The molecule has 2 bridgehead atoms. The zero-order chi connectivity index (χ0) is 18.4. The van der Waals surface area contributed by atoms with Gasteiger partial charge < -0.3 is 14.0 Å². The maximum atomic E-state index is 13.0. The van der Waals surface area contributed by atoms with Gasteiger partial charge in [-0.25, -0.2) is 4.79 Å². The molecule has 3 atom stereocenters. The molecular weight excluding hydrogens is 344 g/mol. The highest BCUT2D eigenvalue weighted by Crippen LogP contribution is 2.30. The molecule has 2 aromatic rings. The Bertz CT molecular complexity index is 831. The van der Waals surface area contributed by atoms with Crippen molar-refractivity contribution in [3.63, 3.8) is 0 Å². The predicted molar refractivity (Wildman–Crippen MR) is 102 cm³/mol. The normalized spacial score (nSPS) is 29.3. The minimum atomic E-state index is -0.211. The van der Waals surface area contributed by atoms with Crippen molar-refractivity contribution in [1.82, 2.24) is 20.3 Å². The number of hydrazine groups is 1. The van der Waals surface area contributed by atoms with Crippen LogP contribution in [-0.2, 0) is 9.47 Å². The fourth-order valence-corrected chi connectivity index (χ4v) is 4.67. The van der Waals surface area contributed by atoms with Crippen LogP contribution in [0.1, 0.15) is 29.2 Å². The Labute approximate surface area is 158 Å². The van der Waals surface area contributed by atoms with Crippen molar-refractivity contribution in [3.05, 3.63) is 36.0 Å². The highest BCUT2D eigenvalue weighted by atomic mass is 16.5. The second-order valence-corrected chi connectivity index (χ2v) is 7.89. The van der Waals surface area contributed by atoms with E-state index in [-0.39, 0.29) is 18.1 Å². The molecule has 2 N–H and O–H groups in total. The van der Waals surface area contributed by atoms with E-state index in [0.29, 0.717) is 17.6 Å². The fraction of sp³-hybridized carbons (Fsp3) is 0.550. The smallest absolute Gasteiger partial charge is 0.340 e. The summed E-state index contributed by atoms with van der Waals surface area (Å²) >= 11 is 0. The topological polar surface area (TPSA) is 67.8 Å². The van der Waals surface area contributed by atoms with Gasteiger partial charge in [-0.1, -0.05) is 18.2 Å². The molecule has 1 unspecified atom stereocenters. The number of esters is 1. The van der Waals surface area contributed by atoms with E-state index in [1.165, 1.54) is 0 Å². The number of carbonyl (C=O) groups is 1. The number of likely N-dealkylation sites (N-methyl/N-ethyl adjacent to an activating group) is 1. The lowest BCUT2D eigenvalue weighted by Crippen LogP contribution is -2.56. The molecule has 1 aromatic carbocycles. The predicted octanol–water partition coefficient (Wildman–Crippen LogP) is 1.31. The number of piperidine rings is 1. The second-order valence-electron chi connectivity index (χ2n) is 7.89. The van der Waals surface area contributed by atoms with E-state index in [1.807, 2.05) is 24.4 Å². The van der Waals surface area contributed by atoms with Crippen LogP contribution in [0.3, 0.4) is 0 Å². The van der Waals surface area contributed by atoms with E-state index in [9.17, 15) is 4.79 Å². The Kier molecular flexibility index (Phi) is 4.40. The summed E-state index contributed by atoms with van der Waals surface area (Å²) in [7, 11) is 2.15. The van der Waals surface area contributed by atoms with Gasteiger partial charge in [-0.3, -0.25) is 15.8 Å². The molecular formula is C20H26N4O3. The maximum Gasteiger partial charge on any atom is 0.340 e. The summed E-state index contributed by atoms with van der Waals surface area (Å²) in [4.78, 5) is 15.4. The number of benzene rings is 1. The van der Waals surface area contributed by atoms with Gasteiger partial charge >= 0.3 is 5.97 Å². The van der Waals surface area contributed by atoms with Crippen molar-refractivity contribution in [1.29, 1.82) is 0 Å². The SMILES string of the molecule is CN1[C@@H]2COC[C@H]1CC(OC(=O)c1cn(C3CNNC3)c3ccccc13)C2. The molecule has 0 amide bonds. The van der Waals surface area contributed by atoms with Crippen molar-refractivity contribution in [3.8, 4) is 0 Å². The Morgan fingerprint density at radius 3 is 2.56 bits per heavy atom. The monoisotopic (exact) mass is 370 g/mol. The first-order chi connectivity index (χ1) is 13.2. The molecule has 3 aliphatic heterocycles. The summed E-state index contributed by atoms with van der Waals surface area (Å²) in [6, 6.07) is 9.04. The van der Waals surface area contributed by atoms with Crippen LogP contribution in [0.25, 0.3) is 10.9 Å². The van der Waals surface area contributed by atoms with Crippen molar-refractivity contribution in [2.75, 3.05) is 33.4 Å². The lowest BCUT2D eigenvalue weighted by Gasteiger charge is -2.46. The van der Waals surface area contributed by atoms with Crippen LogP contribution in [-0.4, -0.2) is 67.0 Å². The highest BCUT2D eigenvalue weighted by Gasteiger charge is 2.38. The third-order valence-electron chi connectivity index (χ3n) is 6.27. The number of aromatic nitrogens is 1. The largest absolute Gasteiger partial charge is 0.459 e. The second kappa shape index (κ2) is 6.91. The van der Waals surface area contributed by atoms with Crippen LogP contribution in [0, 0.1) is 0 Å². The number of rotatable bonds is 3. The summed E-state index contributed by atoms with van der Waals surface area (Å²) in [5.41, 5.74) is 8.07. The first-order valence-electron chi connectivity index (χ1n) is 9.76. The van der Waals surface area contributed by atoms with E-state index < -0.39 is 0 Å². The van der Waals surface area contributed by atoms with Gasteiger partial charge in [0.05, 0.1) is 24.8 Å². The van der Waals surface area contributed by atoms with Gasteiger partial charge in [0.1, 0.15) is 6.10 Å². The Hall–Kier alpha value is -1.93. The summed E-state index contributed by atoms with van der Waals surface area (Å²) in [6.07, 6.45) is 3.61. The van der Waals surface area contributed by atoms with E-state index in [4.69, 9.17) is 9.47 Å². The fourth-order valence-electron chi connectivity index (χ4n) is 4.67. The number of hydrogen-bond donors (Lipinski definition) is 2. The highest BCUT2D eigenvalue weighted by molar-refractivity contribution is 6.04. The Balaban J connectivity index is 1.39. The molecule has 1 aromatic heterocycles. The van der Waals surface area contributed by atoms with Crippen molar-refractivity contribution in [2.24, 2.45) is 0 Å². The van der Waals surface area contributed by atoms with Crippen LogP contribution in [0.2, 0.25) is 0 Å². The number of nitrogens with one attached hydrogen (secondary N) is 2. The molecule has 5 rings (SSSR count). The van der Waals surface area contributed by atoms with Crippen LogP contribution in [0.4, 0.5) is 0 Å². The number of morpholine rings is 1. The zero-order valence-corrected chi connectivity index (χ0v) is 15.6. The van der Waals surface area contributed by atoms with Gasteiger partial charge in [0.2, 0.25) is 0 Å². The van der Waals surface area contributed by atoms with Crippen LogP contribution >= 0.6 is 0 Å². The molecule has 0 radical (unpaired) electrons. The number of fused-ring (bicyclic) bond motifs is 3. The minimum Gasteiger partial charge on any atom is -0.459 e. The molecule has 3 fully saturated rings. The van der Waals surface area contributed by atoms with Crippen molar-refractivity contribution in [2.45, 2.75) is 37.1 Å². The molecule has 0 spiro atoms. The molecule has 3 aliphatic rings. The first-order valence-corrected chi connectivity index (χ1v) is 9.76. The Morgan fingerprint density at radius 1 is 1.11 bits per heavy atom. The average molecular weight is 370 g/mol. The molecule has 7 nitrogen and oxygen atoms in total. The van der Waals surface area contributed by atoms with E-state index >= 15 is 0 Å². The molecule has 27 heavy (non-hydrogen) atoms. The quantitative estimate of drug-likeness (QED) is 0.794. The molecule has 4 heterocycles. The van der Waals surface area contributed by atoms with Gasteiger partial charge in [-0.05, 0) is 13.1 Å². The van der Waals surface area contributed by atoms with E-state index in [2.05, 4.69) is 33.4 Å². The van der Waals surface area contributed by atoms with Crippen LogP contribution < -0.4 is 10.9 Å². The molecule has 3 saturated heterocycles. The lowest BCUT2D eigenvalue weighted by molar-refractivity contribution is -0.0970. The molecule has 144 valence electrons. The van der Waals surface area contributed by atoms with Crippen LogP contribution in [0.15, 0.2) is 30.5 Å². The zero-order valence-electron chi connectivity index (χ0n) is 15.6. The maximum absolute atomic E-state index is 13.0. The first kappa shape index (κ1) is 17.2. The third-order valence-corrected chi connectivity index (χ3v) is 6.27. The van der Waals surface area contributed by atoms with Gasteiger partial charge in [0.15, 0.2) is 0 Å². The van der Waals surface area contributed by atoms with Gasteiger partial charge in [0.25, 0.3) is 0 Å². The lowest BCUT2D eigenvalue weighted by atomic mass is 9.92. The van der Waals surface area contributed by atoms with Gasteiger partial charge in [-0.15, -0.1) is 0 Å². The summed E-state index contributed by atoms with van der Waals surface area (Å²) in [5.74, 6) is -0.211. The summed E-state index contributed by atoms with van der Waals surface area (Å²) < 4.78 is 13.8. The standard InChI is InChI=1S/C20H26N4O3/c1-23-13-6-16(7-14(23)12-26-11-13)27-20(25)18-10-24(15-8-21-22-9-15)19-5-3-2-4-17(18)19/h2-5,10,13-16,21-22H,6-9,11-12H2,1H3/t13-,14+,16?. The number of hydrogen-bond acceptors (Lipinski definition) is 6. The molecule has 0 aliphatic carbocycles. The van der Waals surface area contributed by atoms with E-state index in [1.54, 1.807) is 0 Å². The number of ether oxygens (including phenoxy) is 2. The third kappa shape index (κ3) is 3.04. The summed E-state index contributed by atoms with van der Waals surface area (Å²) in [5, 5.41) is 0.964. The van der Waals surface area contributed by atoms with Gasteiger partial charge in [-0.2, -0.15) is 0 Å². The number of carbonyl (C=O) groups excluding carboxylic acids is 1. The Morgan fingerprint density at radius 2 is 1.81 bits per heavy atom. The van der Waals surface area contributed by atoms with Crippen molar-refractivity contribution < 1.29 is 14.3 Å². The molecule has 0 saturated carbocycles. The summed E-state index contributed by atoms with van der Waals surface area (Å²) in [6.45, 7) is 3.13. The minimum absolute atomic E-state index is 0.0375. The van der Waals surface area contributed by atoms with Crippen molar-refractivity contribution >= 4 is 16.9 Å².